The molecule has 1 heterocycles. The molecule has 1 amide bonds. The molecule has 1 aliphatic rings. The summed E-state index contributed by atoms with van der Waals surface area (Å²) in [5.74, 6) is 0. The van der Waals surface area contributed by atoms with Gasteiger partial charge in [0.2, 0.25) is 0 Å². The molecule has 2 rings (SSSR count). The smallest absolute Gasteiger partial charge is 0.407 e. The van der Waals surface area contributed by atoms with E-state index in [-0.39, 0.29) is 0 Å². The van der Waals surface area contributed by atoms with Gasteiger partial charge in [0.05, 0.1) is 0 Å². The van der Waals surface area contributed by atoms with Crippen LogP contribution in [0.25, 0.3) is 0 Å². The molecule has 0 radical (unpaired) electrons. The Morgan fingerprint density at radius 3 is 2.48 bits per heavy atom. The van der Waals surface area contributed by atoms with Crippen molar-refractivity contribution < 1.29 is 9.90 Å². The highest BCUT2D eigenvalue weighted by atomic mass is 16.4. The molecule has 5 heteroatoms. The second-order valence-electron chi connectivity index (χ2n) is 5.99. The SMILES string of the molecule is Cc1cc(NC(C)C)ccc1CN1CCN(C(=O)O)CC1. The van der Waals surface area contributed by atoms with Gasteiger partial charge in [-0.15, -0.1) is 0 Å². The fourth-order valence-electron chi connectivity index (χ4n) is 2.63. The first-order valence-corrected chi connectivity index (χ1v) is 7.52. The van der Waals surface area contributed by atoms with Gasteiger partial charge in [0.15, 0.2) is 0 Å². The van der Waals surface area contributed by atoms with Crippen molar-refractivity contribution in [1.29, 1.82) is 0 Å². The normalized spacial score (nSPS) is 16.3. The first kappa shape index (κ1) is 15.6. The number of nitrogens with one attached hydrogen (secondary N) is 1. The fourth-order valence-corrected chi connectivity index (χ4v) is 2.63. The van der Waals surface area contributed by atoms with Crippen LogP contribution in [-0.2, 0) is 6.54 Å². The molecule has 1 aromatic rings. The number of carbonyl (C=O) groups is 1. The summed E-state index contributed by atoms with van der Waals surface area (Å²) in [6.07, 6.45) is -0.810. The van der Waals surface area contributed by atoms with Crippen molar-refractivity contribution in [1.82, 2.24) is 9.80 Å². The first-order valence-electron chi connectivity index (χ1n) is 7.52. The first-order chi connectivity index (χ1) is 9.95. The summed E-state index contributed by atoms with van der Waals surface area (Å²) in [6, 6.07) is 6.90. The quantitative estimate of drug-likeness (QED) is 0.895. The molecule has 21 heavy (non-hydrogen) atoms. The maximum Gasteiger partial charge on any atom is 0.407 e. The Morgan fingerprint density at radius 1 is 1.29 bits per heavy atom. The number of anilines is 1. The van der Waals surface area contributed by atoms with Gasteiger partial charge in [-0.25, -0.2) is 4.79 Å². The molecular weight excluding hydrogens is 266 g/mol. The lowest BCUT2D eigenvalue weighted by atomic mass is 10.1. The highest BCUT2D eigenvalue weighted by Gasteiger charge is 2.20. The second-order valence-corrected chi connectivity index (χ2v) is 5.99. The molecule has 1 saturated heterocycles. The largest absolute Gasteiger partial charge is 0.465 e. The maximum atomic E-state index is 10.9. The number of rotatable bonds is 4. The third-order valence-electron chi connectivity index (χ3n) is 3.83. The van der Waals surface area contributed by atoms with Crippen LogP contribution in [0.1, 0.15) is 25.0 Å². The van der Waals surface area contributed by atoms with E-state index in [2.05, 4.69) is 49.2 Å². The standard InChI is InChI=1S/C16H25N3O2/c1-12(2)17-15-5-4-14(13(3)10-15)11-18-6-8-19(9-7-18)16(20)21/h4-5,10,12,17H,6-9,11H2,1-3H3,(H,20,21). The number of hydrogen-bond acceptors (Lipinski definition) is 3. The minimum Gasteiger partial charge on any atom is -0.465 e. The third-order valence-corrected chi connectivity index (χ3v) is 3.83. The lowest BCUT2D eigenvalue weighted by Gasteiger charge is -2.33. The zero-order chi connectivity index (χ0) is 15.4. The van der Waals surface area contributed by atoms with Crippen LogP contribution in [0.4, 0.5) is 10.5 Å². The molecule has 0 atom stereocenters. The maximum absolute atomic E-state index is 10.9. The van der Waals surface area contributed by atoms with Crippen molar-refractivity contribution in [3.05, 3.63) is 29.3 Å². The van der Waals surface area contributed by atoms with Crippen molar-refractivity contribution in [3.8, 4) is 0 Å². The topological polar surface area (TPSA) is 55.8 Å². The average molecular weight is 291 g/mol. The minimum atomic E-state index is -0.810. The third kappa shape index (κ3) is 4.36. The summed E-state index contributed by atoms with van der Waals surface area (Å²) in [6.45, 7) is 10.1. The van der Waals surface area contributed by atoms with Gasteiger partial charge in [-0.1, -0.05) is 6.07 Å². The molecule has 1 aliphatic heterocycles. The Hall–Kier alpha value is -1.75. The number of nitrogens with zero attached hydrogens (tertiary/aromatic N) is 2. The van der Waals surface area contributed by atoms with Crippen LogP contribution in [0.3, 0.4) is 0 Å². The highest BCUT2D eigenvalue weighted by Crippen LogP contribution is 2.18. The van der Waals surface area contributed by atoms with Gasteiger partial charge in [-0.05, 0) is 44.0 Å². The molecule has 0 saturated carbocycles. The van der Waals surface area contributed by atoms with Gasteiger partial charge in [-0.2, -0.15) is 0 Å². The summed E-state index contributed by atoms with van der Waals surface area (Å²) < 4.78 is 0. The average Bonchev–Trinajstić information content (AvgIpc) is 2.42. The predicted octanol–water partition coefficient (Wildman–Crippen LogP) is 2.61. The predicted molar refractivity (Wildman–Crippen MR) is 84.8 cm³/mol. The molecule has 2 N–H and O–H groups in total. The molecule has 0 unspecified atom stereocenters. The van der Waals surface area contributed by atoms with Crippen LogP contribution in [0.5, 0.6) is 0 Å². The van der Waals surface area contributed by atoms with E-state index in [0.717, 1.165) is 25.3 Å². The van der Waals surface area contributed by atoms with Crippen molar-refractivity contribution in [3.63, 3.8) is 0 Å². The van der Waals surface area contributed by atoms with Crippen molar-refractivity contribution in [2.24, 2.45) is 0 Å². The van der Waals surface area contributed by atoms with Crippen LogP contribution < -0.4 is 5.32 Å². The number of hydrogen-bond donors (Lipinski definition) is 2. The molecule has 0 bridgehead atoms. The Kier molecular flexibility index (Phi) is 5.07. The Balaban J connectivity index is 1.93. The molecule has 0 spiro atoms. The van der Waals surface area contributed by atoms with E-state index < -0.39 is 6.09 Å². The van der Waals surface area contributed by atoms with Gasteiger partial charge >= 0.3 is 6.09 Å². The van der Waals surface area contributed by atoms with Gasteiger partial charge in [0.25, 0.3) is 0 Å². The molecule has 116 valence electrons. The van der Waals surface area contributed by atoms with Crippen molar-refractivity contribution in [2.75, 3.05) is 31.5 Å². The lowest BCUT2D eigenvalue weighted by molar-refractivity contribution is 0.103. The number of benzene rings is 1. The van der Waals surface area contributed by atoms with Crippen LogP contribution >= 0.6 is 0 Å². The van der Waals surface area contributed by atoms with Crippen molar-refractivity contribution >= 4 is 11.8 Å². The minimum absolute atomic E-state index is 0.430. The Morgan fingerprint density at radius 2 is 1.95 bits per heavy atom. The van der Waals surface area contributed by atoms with Crippen LogP contribution in [0.2, 0.25) is 0 Å². The molecule has 1 fully saturated rings. The van der Waals surface area contributed by atoms with Gasteiger partial charge in [0.1, 0.15) is 0 Å². The zero-order valence-electron chi connectivity index (χ0n) is 13.1. The van der Waals surface area contributed by atoms with Gasteiger partial charge in [-0.3, -0.25) is 4.90 Å². The number of aryl methyl sites for hydroxylation is 1. The van der Waals surface area contributed by atoms with E-state index in [1.165, 1.54) is 16.0 Å². The van der Waals surface area contributed by atoms with Crippen molar-refractivity contribution in [2.45, 2.75) is 33.4 Å². The lowest BCUT2D eigenvalue weighted by Crippen LogP contribution is -2.47. The second kappa shape index (κ2) is 6.80. The number of carboxylic acid groups (broad SMARTS) is 1. The van der Waals surface area contributed by atoms with E-state index in [4.69, 9.17) is 5.11 Å². The van der Waals surface area contributed by atoms with Gasteiger partial charge in [0, 0.05) is 44.5 Å². The summed E-state index contributed by atoms with van der Waals surface area (Å²) in [5, 5.41) is 12.4. The highest BCUT2D eigenvalue weighted by molar-refractivity contribution is 5.65. The monoisotopic (exact) mass is 291 g/mol. The number of piperazine rings is 1. The van der Waals surface area contributed by atoms with E-state index in [9.17, 15) is 4.79 Å². The fraction of sp³-hybridized carbons (Fsp3) is 0.562. The summed E-state index contributed by atoms with van der Waals surface area (Å²) in [4.78, 5) is 14.7. The Labute approximate surface area is 126 Å². The van der Waals surface area contributed by atoms with Crippen LogP contribution in [0.15, 0.2) is 18.2 Å². The van der Waals surface area contributed by atoms with E-state index in [1.807, 2.05) is 0 Å². The molecular formula is C16H25N3O2. The van der Waals surface area contributed by atoms with Crippen LogP contribution in [0, 0.1) is 6.92 Å². The zero-order valence-corrected chi connectivity index (χ0v) is 13.1. The summed E-state index contributed by atoms with van der Waals surface area (Å²) >= 11 is 0. The molecule has 5 nitrogen and oxygen atoms in total. The molecule has 1 aromatic carbocycles. The molecule has 0 aromatic heterocycles. The van der Waals surface area contributed by atoms with E-state index >= 15 is 0 Å². The van der Waals surface area contributed by atoms with Crippen LogP contribution in [-0.4, -0.2) is 53.2 Å². The van der Waals surface area contributed by atoms with E-state index in [1.54, 1.807) is 0 Å². The molecule has 0 aliphatic carbocycles. The number of amides is 1. The summed E-state index contributed by atoms with van der Waals surface area (Å²) in [5.41, 5.74) is 3.75. The van der Waals surface area contributed by atoms with Gasteiger partial charge < -0.3 is 15.3 Å². The van der Waals surface area contributed by atoms with E-state index in [0.29, 0.717) is 19.1 Å². The summed E-state index contributed by atoms with van der Waals surface area (Å²) in [7, 11) is 0. The Bertz CT molecular complexity index is 494.